The zero-order chi connectivity index (χ0) is 16.5. The molecule has 2 N–H and O–H groups in total. The van der Waals surface area contributed by atoms with Gasteiger partial charge < -0.3 is 19.8 Å². The van der Waals surface area contributed by atoms with Crippen molar-refractivity contribution < 1.29 is 9.47 Å². The molecule has 0 atom stereocenters. The number of imidazole rings is 1. The quantitative estimate of drug-likeness (QED) is 0.799. The number of fused-ring (bicyclic) bond motifs is 2. The van der Waals surface area contributed by atoms with Gasteiger partial charge in [-0.25, -0.2) is 4.98 Å². The van der Waals surface area contributed by atoms with Crippen molar-refractivity contribution in [2.75, 3.05) is 13.2 Å². The van der Waals surface area contributed by atoms with Gasteiger partial charge in [-0.15, -0.1) is 0 Å². The molecular formula is C18H16N4O2. The smallest absolute Gasteiger partial charge is 0.163 e. The molecule has 2 heterocycles. The van der Waals surface area contributed by atoms with Gasteiger partial charge in [0.1, 0.15) is 19.0 Å². The first-order valence-electron chi connectivity index (χ1n) is 7.76. The van der Waals surface area contributed by atoms with E-state index in [4.69, 9.17) is 20.5 Å². The Morgan fingerprint density at radius 2 is 1.83 bits per heavy atom. The van der Waals surface area contributed by atoms with Crippen molar-refractivity contribution in [3.63, 3.8) is 0 Å². The van der Waals surface area contributed by atoms with Gasteiger partial charge in [-0.2, -0.15) is 5.26 Å². The van der Waals surface area contributed by atoms with Gasteiger partial charge in [0.05, 0.1) is 29.2 Å². The molecule has 0 saturated carbocycles. The number of aromatic nitrogens is 2. The molecule has 4 rings (SSSR count). The molecule has 0 unspecified atom stereocenters. The van der Waals surface area contributed by atoms with E-state index in [9.17, 15) is 0 Å². The average molecular weight is 320 g/mol. The van der Waals surface area contributed by atoms with Crippen LogP contribution in [0.1, 0.15) is 17.0 Å². The lowest BCUT2D eigenvalue weighted by molar-refractivity contribution is 0.172. The van der Waals surface area contributed by atoms with Crippen molar-refractivity contribution in [2.45, 2.75) is 13.1 Å². The minimum atomic E-state index is 0.345. The monoisotopic (exact) mass is 320 g/mol. The topological polar surface area (TPSA) is 86.1 Å². The van der Waals surface area contributed by atoms with E-state index >= 15 is 0 Å². The van der Waals surface area contributed by atoms with Crippen LogP contribution < -0.4 is 15.2 Å². The van der Waals surface area contributed by atoms with Crippen molar-refractivity contribution in [3.05, 3.63) is 53.3 Å². The summed E-state index contributed by atoms with van der Waals surface area (Å²) in [5.74, 6) is 2.26. The Balaban J connectivity index is 1.79. The second-order valence-corrected chi connectivity index (χ2v) is 5.61. The maximum Gasteiger partial charge on any atom is 0.163 e. The van der Waals surface area contributed by atoms with Gasteiger partial charge in [0.15, 0.2) is 11.5 Å². The third-order valence-corrected chi connectivity index (χ3v) is 4.10. The fourth-order valence-electron chi connectivity index (χ4n) is 2.91. The molecule has 0 fully saturated rings. The van der Waals surface area contributed by atoms with Gasteiger partial charge >= 0.3 is 0 Å². The molecule has 0 bridgehead atoms. The predicted molar refractivity (Wildman–Crippen MR) is 88.9 cm³/mol. The number of benzene rings is 2. The molecule has 0 amide bonds. The lowest BCUT2D eigenvalue weighted by Gasteiger charge is -2.18. The van der Waals surface area contributed by atoms with Crippen LogP contribution in [0, 0.1) is 11.3 Å². The molecule has 1 aliphatic heterocycles. The van der Waals surface area contributed by atoms with E-state index < -0.39 is 0 Å². The summed E-state index contributed by atoms with van der Waals surface area (Å²) >= 11 is 0. The van der Waals surface area contributed by atoms with E-state index in [0.29, 0.717) is 31.9 Å². The van der Waals surface area contributed by atoms with Gasteiger partial charge in [-0.3, -0.25) is 0 Å². The van der Waals surface area contributed by atoms with Crippen LogP contribution in [0.5, 0.6) is 11.5 Å². The lowest BCUT2D eigenvalue weighted by atomic mass is 10.1. The summed E-state index contributed by atoms with van der Waals surface area (Å²) in [6.45, 7) is 2.08. The Morgan fingerprint density at radius 1 is 1.12 bits per heavy atom. The Hall–Kier alpha value is -3.04. The van der Waals surface area contributed by atoms with E-state index in [0.717, 1.165) is 33.9 Å². The molecule has 6 nitrogen and oxygen atoms in total. The van der Waals surface area contributed by atoms with E-state index in [-0.39, 0.29) is 0 Å². The number of ether oxygens (including phenoxy) is 2. The minimum Gasteiger partial charge on any atom is -0.486 e. The number of nitrogens with zero attached hydrogens (tertiary/aromatic N) is 3. The van der Waals surface area contributed by atoms with Crippen molar-refractivity contribution in [1.29, 1.82) is 5.26 Å². The first-order chi connectivity index (χ1) is 11.8. The van der Waals surface area contributed by atoms with Gasteiger partial charge in [-0.05, 0) is 17.7 Å². The molecule has 1 aromatic heterocycles. The van der Waals surface area contributed by atoms with E-state index in [2.05, 4.69) is 15.6 Å². The number of nitriles is 1. The van der Waals surface area contributed by atoms with Crippen LogP contribution in [0.25, 0.3) is 11.0 Å². The SMILES string of the molecule is N#Cc1ccc(Cn2c(CN)nc3cc4c(cc32)OCCO4)cc1. The predicted octanol–water partition coefficient (Wildman–Crippen LogP) is 2.19. The molecular weight excluding hydrogens is 304 g/mol. The molecule has 0 spiro atoms. The summed E-state index contributed by atoms with van der Waals surface area (Å²) in [6, 6.07) is 13.5. The summed E-state index contributed by atoms with van der Waals surface area (Å²) in [5.41, 5.74) is 9.41. The molecule has 2 aromatic carbocycles. The third kappa shape index (κ3) is 2.45. The van der Waals surface area contributed by atoms with Gasteiger partial charge in [-0.1, -0.05) is 12.1 Å². The van der Waals surface area contributed by atoms with E-state index in [1.807, 2.05) is 36.4 Å². The van der Waals surface area contributed by atoms with E-state index in [1.165, 1.54) is 0 Å². The highest BCUT2D eigenvalue weighted by Gasteiger charge is 2.17. The van der Waals surface area contributed by atoms with Gasteiger partial charge in [0.25, 0.3) is 0 Å². The highest BCUT2D eigenvalue weighted by atomic mass is 16.6. The van der Waals surface area contributed by atoms with Crippen LogP contribution in [0.4, 0.5) is 0 Å². The molecule has 6 heteroatoms. The molecule has 120 valence electrons. The Morgan fingerprint density at radius 3 is 2.50 bits per heavy atom. The normalized spacial score (nSPS) is 13.0. The van der Waals surface area contributed by atoms with Crippen LogP contribution in [0.15, 0.2) is 36.4 Å². The Labute approximate surface area is 139 Å². The fourth-order valence-corrected chi connectivity index (χ4v) is 2.91. The molecule has 0 radical (unpaired) electrons. The molecule has 3 aromatic rings. The second kappa shape index (κ2) is 5.87. The highest BCUT2D eigenvalue weighted by molar-refractivity contribution is 5.81. The largest absolute Gasteiger partial charge is 0.486 e. The second-order valence-electron chi connectivity index (χ2n) is 5.61. The zero-order valence-electron chi connectivity index (χ0n) is 13.0. The summed E-state index contributed by atoms with van der Waals surface area (Å²) in [7, 11) is 0. The van der Waals surface area contributed by atoms with Gasteiger partial charge in [0, 0.05) is 18.7 Å². The molecule has 0 saturated heterocycles. The first-order valence-corrected chi connectivity index (χ1v) is 7.76. The highest BCUT2D eigenvalue weighted by Crippen LogP contribution is 2.35. The summed E-state index contributed by atoms with van der Waals surface area (Å²) in [5, 5.41) is 8.91. The maximum absolute atomic E-state index is 8.91. The molecule has 1 aliphatic rings. The maximum atomic E-state index is 8.91. The Kier molecular flexibility index (Phi) is 3.56. The number of hydrogen-bond acceptors (Lipinski definition) is 5. The molecule has 24 heavy (non-hydrogen) atoms. The number of hydrogen-bond donors (Lipinski definition) is 1. The van der Waals surface area contributed by atoms with Crippen LogP contribution in [0.2, 0.25) is 0 Å². The lowest BCUT2D eigenvalue weighted by Crippen LogP contribution is -2.15. The van der Waals surface area contributed by atoms with Crippen LogP contribution in [-0.2, 0) is 13.1 Å². The summed E-state index contributed by atoms with van der Waals surface area (Å²) in [6.07, 6.45) is 0. The van der Waals surface area contributed by atoms with Crippen molar-refractivity contribution in [1.82, 2.24) is 9.55 Å². The van der Waals surface area contributed by atoms with Gasteiger partial charge in [0.2, 0.25) is 0 Å². The zero-order valence-corrected chi connectivity index (χ0v) is 13.0. The van der Waals surface area contributed by atoms with Crippen LogP contribution in [0.3, 0.4) is 0 Å². The third-order valence-electron chi connectivity index (χ3n) is 4.10. The molecule has 0 aliphatic carbocycles. The van der Waals surface area contributed by atoms with E-state index in [1.54, 1.807) is 0 Å². The summed E-state index contributed by atoms with van der Waals surface area (Å²) in [4.78, 5) is 4.62. The average Bonchev–Trinajstić information content (AvgIpc) is 2.97. The first kappa shape index (κ1) is 14.5. The standard InChI is InChI=1S/C18H16N4O2/c19-9-12-1-3-13(4-2-12)11-22-15-8-17-16(23-5-6-24-17)7-14(15)21-18(22)10-20/h1-4,7-8H,5-6,10-11,20H2. The Bertz CT molecular complexity index is 938. The minimum absolute atomic E-state index is 0.345. The van der Waals surface area contributed by atoms with Crippen LogP contribution >= 0.6 is 0 Å². The van der Waals surface area contributed by atoms with Crippen molar-refractivity contribution in [3.8, 4) is 17.6 Å². The van der Waals surface area contributed by atoms with Crippen molar-refractivity contribution in [2.24, 2.45) is 5.73 Å². The van der Waals surface area contributed by atoms with Crippen LogP contribution in [-0.4, -0.2) is 22.8 Å². The number of nitrogens with two attached hydrogens (primary N) is 1. The van der Waals surface area contributed by atoms with Crippen molar-refractivity contribution >= 4 is 11.0 Å². The fraction of sp³-hybridized carbons (Fsp3) is 0.222. The number of rotatable bonds is 3. The summed E-state index contributed by atoms with van der Waals surface area (Å²) < 4.78 is 13.4.